The average molecular weight is 317 g/mol. The summed E-state index contributed by atoms with van der Waals surface area (Å²) in [6.07, 6.45) is 0. The summed E-state index contributed by atoms with van der Waals surface area (Å²) in [6, 6.07) is 8.34. The van der Waals surface area contributed by atoms with Crippen molar-refractivity contribution >= 4 is 12.2 Å². The van der Waals surface area contributed by atoms with Crippen molar-refractivity contribution in [2.75, 3.05) is 32.7 Å². The number of piperazine rings is 1. The van der Waals surface area contributed by atoms with E-state index in [0.717, 1.165) is 50.8 Å². The van der Waals surface area contributed by atoms with Crippen LogP contribution in [-0.2, 0) is 6.67 Å². The van der Waals surface area contributed by atoms with Crippen LogP contribution >= 0.6 is 12.2 Å². The van der Waals surface area contributed by atoms with Gasteiger partial charge in [0.15, 0.2) is 5.82 Å². The van der Waals surface area contributed by atoms with Gasteiger partial charge in [-0.05, 0) is 25.7 Å². The first-order valence-corrected chi connectivity index (χ1v) is 8.25. The molecule has 1 saturated heterocycles. The molecule has 0 aliphatic carbocycles. The molecule has 1 N–H and O–H groups in total. The number of benzene rings is 1. The van der Waals surface area contributed by atoms with E-state index >= 15 is 0 Å². The lowest BCUT2D eigenvalue weighted by atomic mass is 10.1. The van der Waals surface area contributed by atoms with Gasteiger partial charge in [-0.15, -0.1) is 0 Å². The van der Waals surface area contributed by atoms with Crippen molar-refractivity contribution in [3.05, 3.63) is 34.6 Å². The molecule has 0 saturated carbocycles. The van der Waals surface area contributed by atoms with E-state index in [-0.39, 0.29) is 0 Å². The smallest absolute Gasteiger partial charge is 0.217 e. The molecule has 22 heavy (non-hydrogen) atoms. The summed E-state index contributed by atoms with van der Waals surface area (Å²) in [5.74, 6) is 0.845. The van der Waals surface area contributed by atoms with Gasteiger partial charge in [-0.3, -0.25) is 10.00 Å². The number of nitrogens with one attached hydrogen (secondary N) is 1. The topological polar surface area (TPSA) is 40.1 Å². The second-order valence-corrected chi connectivity index (χ2v) is 6.21. The summed E-state index contributed by atoms with van der Waals surface area (Å²) in [5, 5.41) is 3.34. The minimum Gasteiger partial charge on any atom is -0.301 e. The Balaban J connectivity index is 1.70. The van der Waals surface area contributed by atoms with Crippen LogP contribution in [0.15, 0.2) is 24.3 Å². The fourth-order valence-corrected chi connectivity index (χ4v) is 2.93. The Bertz CT molecular complexity index is 665. The molecule has 6 heteroatoms. The molecule has 5 nitrogen and oxygen atoms in total. The van der Waals surface area contributed by atoms with Gasteiger partial charge in [-0.1, -0.05) is 36.8 Å². The molecule has 0 amide bonds. The first-order chi connectivity index (χ1) is 10.7. The fraction of sp³-hybridized carbons (Fsp3) is 0.500. The number of aromatic amines is 1. The van der Waals surface area contributed by atoms with Gasteiger partial charge in [-0.25, -0.2) is 4.68 Å². The summed E-state index contributed by atoms with van der Waals surface area (Å²) >= 11 is 5.40. The summed E-state index contributed by atoms with van der Waals surface area (Å²) in [7, 11) is 0. The van der Waals surface area contributed by atoms with Crippen LogP contribution in [0.1, 0.15) is 12.5 Å². The molecule has 1 aliphatic heterocycles. The Morgan fingerprint density at radius 2 is 1.73 bits per heavy atom. The molecular formula is C16H23N5S. The number of likely N-dealkylation sites (N-methyl/N-ethyl adjacent to an activating group) is 1. The molecule has 0 bridgehead atoms. The monoisotopic (exact) mass is 317 g/mol. The van der Waals surface area contributed by atoms with Crippen LogP contribution in [0.5, 0.6) is 0 Å². The van der Waals surface area contributed by atoms with Crippen LogP contribution in [0.2, 0.25) is 0 Å². The number of hydrogen-bond acceptors (Lipinski definition) is 4. The van der Waals surface area contributed by atoms with E-state index in [4.69, 9.17) is 12.2 Å². The molecule has 0 radical (unpaired) electrons. The Kier molecular flexibility index (Phi) is 4.71. The molecule has 2 heterocycles. The van der Waals surface area contributed by atoms with Crippen molar-refractivity contribution < 1.29 is 0 Å². The number of aromatic nitrogens is 3. The summed E-state index contributed by atoms with van der Waals surface area (Å²) in [6.45, 7) is 10.6. The van der Waals surface area contributed by atoms with Crippen molar-refractivity contribution in [3.8, 4) is 11.4 Å². The fourth-order valence-electron chi connectivity index (χ4n) is 2.74. The van der Waals surface area contributed by atoms with Crippen molar-refractivity contribution in [1.29, 1.82) is 0 Å². The highest BCUT2D eigenvalue weighted by Gasteiger charge is 2.16. The summed E-state index contributed by atoms with van der Waals surface area (Å²) in [5.41, 5.74) is 2.32. The predicted octanol–water partition coefficient (Wildman–Crippen LogP) is 2.51. The normalized spacial score (nSPS) is 17.0. The largest absolute Gasteiger partial charge is 0.301 e. The van der Waals surface area contributed by atoms with Crippen LogP contribution in [0, 0.1) is 11.7 Å². The van der Waals surface area contributed by atoms with Gasteiger partial charge in [0, 0.05) is 31.7 Å². The zero-order valence-corrected chi connectivity index (χ0v) is 14.1. The van der Waals surface area contributed by atoms with Gasteiger partial charge in [0.25, 0.3) is 0 Å². The zero-order valence-electron chi connectivity index (χ0n) is 13.2. The molecule has 3 rings (SSSR count). The highest BCUT2D eigenvalue weighted by molar-refractivity contribution is 7.71. The van der Waals surface area contributed by atoms with Gasteiger partial charge >= 0.3 is 0 Å². The molecular weight excluding hydrogens is 294 g/mol. The number of aryl methyl sites for hydroxylation is 1. The van der Waals surface area contributed by atoms with Gasteiger partial charge in [-0.2, -0.15) is 4.98 Å². The molecule has 1 aromatic carbocycles. The highest BCUT2D eigenvalue weighted by Crippen LogP contribution is 2.15. The van der Waals surface area contributed by atoms with Gasteiger partial charge < -0.3 is 4.90 Å². The first kappa shape index (κ1) is 15.4. The maximum Gasteiger partial charge on any atom is 0.217 e. The minimum atomic E-state index is 0.619. The van der Waals surface area contributed by atoms with E-state index in [0.29, 0.717) is 4.77 Å². The van der Waals surface area contributed by atoms with Gasteiger partial charge in [0.2, 0.25) is 4.77 Å². The first-order valence-electron chi connectivity index (χ1n) is 7.84. The Labute approximate surface area is 136 Å². The van der Waals surface area contributed by atoms with Gasteiger partial charge in [0.05, 0.1) is 6.67 Å². The number of hydrogen-bond donors (Lipinski definition) is 1. The second-order valence-electron chi connectivity index (χ2n) is 5.84. The van der Waals surface area contributed by atoms with E-state index in [2.05, 4.69) is 58.0 Å². The molecule has 0 atom stereocenters. The second kappa shape index (κ2) is 6.73. The number of rotatable bonds is 4. The van der Waals surface area contributed by atoms with Crippen molar-refractivity contribution in [1.82, 2.24) is 24.6 Å². The lowest BCUT2D eigenvalue weighted by Crippen LogP contribution is -2.46. The molecule has 1 fully saturated rings. The lowest BCUT2D eigenvalue weighted by Gasteiger charge is -2.33. The minimum absolute atomic E-state index is 0.619. The van der Waals surface area contributed by atoms with Crippen LogP contribution < -0.4 is 0 Å². The molecule has 1 aromatic heterocycles. The maximum absolute atomic E-state index is 5.40. The predicted molar refractivity (Wildman–Crippen MR) is 91.3 cm³/mol. The van der Waals surface area contributed by atoms with E-state index in [1.165, 1.54) is 5.56 Å². The van der Waals surface area contributed by atoms with Crippen molar-refractivity contribution in [2.24, 2.45) is 0 Å². The number of H-pyrrole nitrogens is 1. The molecule has 0 spiro atoms. The third-order valence-corrected chi connectivity index (χ3v) is 4.57. The average Bonchev–Trinajstić information content (AvgIpc) is 2.90. The molecule has 118 valence electrons. The highest BCUT2D eigenvalue weighted by atomic mass is 32.1. The van der Waals surface area contributed by atoms with Crippen LogP contribution in [0.3, 0.4) is 0 Å². The van der Waals surface area contributed by atoms with E-state index in [1.807, 2.05) is 4.68 Å². The Morgan fingerprint density at radius 1 is 1.09 bits per heavy atom. The third-order valence-electron chi connectivity index (χ3n) is 4.26. The van der Waals surface area contributed by atoms with Gasteiger partial charge in [0.1, 0.15) is 0 Å². The Morgan fingerprint density at radius 3 is 2.36 bits per heavy atom. The third kappa shape index (κ3) is 3.45. The lowest BCUT2D eigenvalue weighted by molar-refractivity contribution is 0.106. The van der Waals surface area contributed by atoms with E-state index in [1.54, 1.807) is 0 Å². The zero-order chi connectivity index (χ0) is 15.5. The summed E-state index contributed by atoms with van der Waals surface area (Å²) in [4.78, 5) is 9.38. The molecule has 1 aliphatic rings. The summed E-state index contributed by atoms with van der Waals surface area (Å²) < 4.78 is 2.58. The van der Waals surface area contributed by atoms with E-state index < -0.39 is 0 Å². The Hall–Kier alpha value is -1.50. The standard InChI is InChI=1S/C16H23N5S/c1-3-19-8-10-20(11-9-19)12-21-16(22)17-15(18-21)14-6-4-13(2)5-7-14/h4-7H,3,8-12H2,1-2H3,(H,17,18,22). The molecule has 2 aromatic rings. The van der Waals surface area contributed by atoms with Crippen LogP contribution in [-0.4, -0.2) is 57.3 Å². The SMILES string of the molecule is CCN1CCN(Cn2[nH]c(-c3ccc(C)cc3)nc2=S)CC1. The molecule has 0 unspecified atom stereocenters. The van der Waals surface area contributed by atoms with Crippen LogP contribution in [0.25, 0.3) is 11.4 Å². The maximum atomic E-state index is 5.40. The van der Waals surface area contributed by atoms with E-state index in [9.17, 15) is 0 Å². The van der Waals surface area contributed by atoms with Crippen molar-refractivity contribution in [2.45, 2.75) is 20.5 Å². The quantitative estimate of drug-likeness (QED) is 0.880. The number of nitrogens with zero attached hydrogens (tertiary/aromatic N) is 4. The van der Waals surface area contributed by atoms with Crippen molar-refractivity contribution in [3.63, 3.8) is 0 Å². The van der Waals surface area contributed by atoms with Crippen LogP contribution in [0.4, 0.5) is 0 Å².